The highest BCUT2D eigenvalue weighted by molar-refractivity contribution is 7.89. The second-order valence-corrected chi connectivity index (χ2v) is 11.0. The van der Waals surface area contributed by atoms with Gasteiger partial charge in [-0.3, -0.25) is 4.79 Å². The number of carbonyl (C=O) groups is 1. The van der Waals surface area contributed by atoms with Gasteiger partial charge in [0.05, 0.1) is 4.90 Å². The Hall–Kier alpha value is -1.89. The van der Waals surface area contributed by atoms with E-state index in [-0.39, 0.29) is 11.8 Å². The van der Waals surface area contributed by atoms with Crippen LogP contribution in [0.25, 0.3) is 0 Å². The van der Waals surface area contributed by atoms with Crippen LogP contribution < -0.4 is 5.32 Å². The van der Waals surface area contributed by atoms with Crippen LogP contribution in [0.5, 0.6) is 0 Å². The molecule has 1 aliphatic rings. The highest BCUT2D eigenvalue weighted by Crippen LogP contribution is 2.31. The first-order chi connectivity index (χ1) is 15.2. The number of piperidine rings is 1. The molecule has 174 valence electrons. The van der Waals surface area contributed by atoms with Crippen molar-refractivity contribution in [2.75, 3.05) is 18.4 Å². The van der Waals surface area contributed by atoms with Gasteiger partial charge in [0.2, 0.25) is 15.9 Å². The monoisotopic (exact) mass is 476 g/mol. The van der Waals surface area contributed by atoms with Crippen molar-refractivity contribution >= 4 is 33.2 Å². The summed E-state index contributed by atoms with van der Waals surface area (Å²) in [7, 11) is -3.56. The average molecular weight is 477 g/mol. The topological polar surface area (TPSA) is 66.5 Å². The van der Waals surface area contributed by atoms with Crippen LogP contribution in [0, 0.1) is 5.92 Å². The van der Waals surface area contributed by atoms with Gasteiger partial charge in [0.25, 0.3) is 0 Å². The minimum atomic E-state index is -3.56. The predicted octanol–water partition coefficient (Wildman–Crippen LogP) is 5.63. The quantitative estimate of drug-likeness (QED) is 0.563. The van der Waals surface area contributed by atoms with Crippen LogP contribution in [0.3, 0.4) is 0 Å². The summed E-state index contributed by atoms with van der Waals surface area (Å²) < 4.78 is 27.6. The van der Waals surface area contributed by atoms with Gasteiger partial charge in [-0.25, -0.2) is 8.42 Å². The lowest BCUT2D eigenvalue weighted by Gasteiger charge is -2.31. The van der Waals surface area contributed by atoms with Crippen LogP contribution in [0.15, 0.2) is 41.3 Å². The molecular formula is C25H33ClN2O3S. The van der Waals surface area contributed by atoms with Crippen molar-refractivity contribution in [2.45, 2.75) is 64.2 Å². The van der Waals surface area contributed by atoms with Crippen LogP contribution in [0.2, 0.25) is 5.02 Å². The van der Waals surface area contributed by atoms with E-state index < -0.39 is 10.0 Å². The lowest BCUT2D eigenvalue weighted by Crippen LogP contribution is -2.41. The number of benzene rings is 2. The van der Waals surface area contributed by atoms with Crippen LogP contribution in [-0.2, 0) is 27.7 Å². The molecule has 1 aliphatic heterocycles. The van der Waals surface area contributed by atoms with E-state index in [0.717, 1.165) is 35.2 Å². The molecule has 0 aromatic heterocycles. The largest absolute Gasteiger partial charge is 0.325 e. The van der Waals surface area contributed by atoms with Gasteiger partial charge < -0.3 is 5.32 Å². The van der Waals surface area contributed by atoms with E-state index in [1.165, 1.54) is 4.31 Å². The molecule has 1 saturated heterocycles. The molecule has 0 unspecified atom stereocenters. The Balaban J connectivity index is 1.68. The molecule has 0 saturated carbocycles. The molecule has 32 heavy (non-hydrogen) atoms. The standard InChI is InChI=1S/C25H33ClN2O3S/c1-5-18-9-12-23(26)22(6-2)24(18)27-25(29)20-13-15-28(16-14-20)32(30,31)21-10-7-19(8-11-21)17(3)4/h7-12,17,20H,5-6,13-16H2,1-4H3,(H,27,29). The maximum absolute atomic E-state index is 13.1. The van der Waals surface area contributed by atoms with Crippen molar-refractivity contribution in [3.63, 3.8) is 0 Å². The first-order valence-electron chi connectivity index (χ1n) is 11.4. The van der Waals surface area contributed by atoms with E-state index in [2.05, 4.69) is 26.1 Å². The molecule has 1 N–H and O–H groups in total. The van der Waals surface area contributed by atoms with Crippen molar-refractivity contribution < 1.29 is 13.2 Å². The van der Waals surface area contributed by atoms with E-state index in [0.29, 0.717) is 41.8 Å². The van der Waals surface area contributed by atoms with Crippen molar-refractivity contribution in [1.82, 2.24) is 4.31 Å². The van der Waals surface area contributed by atoms with Crippen molar-refractivity contribution in [3.8, 4) is 0 Å². The molecule has 1 heterocycles. The number of amides is 1. The van der Waals surface area contributed by atoms with Gasteiger partial charge in [-0.15, -0.1) is 0 Å². The Kier molecular flexibility index (Phi) is 8.01. The summed E-state index contributed by atoms with van der Waals surface area (Å²) >= 11 is 6.36. The Bertz CT molecular complexity index is 1060. The Morgan fingerprint density at radius 2 is 1.69 bits per heavy atom. The highest BCUT2D eigenvalue weighted by atomic mass is 35.5. The normalized spacial score (nSPS) is 15.8. The molecule has 3 rings (SSSR count). The minimum absolute atomic E-state index is 0.0602. The molecule has 1 fully saturated rings. The van der Waals surface area contributed by atoms with E-state index >= 15 is 0 Å². The zero-order chi connectivity index (χ0) is 23.5. The third kappa shape index (κ3) is 5.19. The van der Waals surface area contributed by atoms with Crippen molar-refractivity contribution in [3.05, 3.63) is 58.1 Å². The zero-order valence-electron chi connectivity index (χ0n) is 19.3. The van der Waals surface area contributed by atoms with Gasteiger partial charge in [-0.2, -0.15) is 4.31 Å². The lowest BCUT2D eigenvalue weighted by molar-refractivity contribution is -0.120. The number of halogens is 1. The second kappa shape index (κ2) is 10.4. The number of sulfonamides is 1. The summed E-state index contributed by atoms with van der Waals surface area (Å²) in [5.74, 6) is 0.0649. The van der Waals surface area contributed by atoms with E-state index in [9.17, 15) is 13.2 Å². The SMILES string of the molecule is CCc1ccc(Cl)c(CC)c1NC(=O)C1CCN(S(=O)(=O)c2ccc(C(C)C)cc2)CC1. The van der Waals surface area contributed by atoms with E-state index in [1.807, 2.05) is 31.2 Å². The number of rotatable bonds is 7. The molecule has 0 spiro atoms. The minimum Gasteiger partial charge on any atom is -0.325 e. The summed E-state index contributed by atoms with van der Waals surface area (Å²) in [6, 6.07) is 10.9. The zero-order valence-corrected chi connectivity index (χ0v) is 20.9. The maximum Gasteiger partial charge on any atom is 0.243 e. The van der Waals surface area contributed by atoms with E-state index in [1.54, 1.807) is 12.1 Å². The average Bonchev–Trinajstić information content (AvgIpc) is 2.79. The van der Waals surface area contributed by atoms with Gasteiger partial charge in [0.1, 0.15) is 0 Å². The smallest absolute Gasteiger partial charge is 0.243 e. The number of hydrogen-bond acceptors (Lipinski definition) is 3. The number of hydrogen-bond donors (Lipinski definition) is 1. The molecule has 2 aromatic carbocycles. The number of nitrogens with zero attached hydrogens (tertiary/aromatic N) is 1. The first kappa shape index (κ1) is 24.7. The Morgan fingerprint density at radius 1 is 1.06 bits per heavy atom. The molecule has 5 nitrogen and oxygen atoms in total. The van der Waals surface area contributed by atoms with Gasteiger partial charge in [-0.05, 0) is 66.5 Å². The predicted molar refractivity (Wildman–Crippen MR) is 131 cm³/mol. The second-order valence-electron chi connectivity index (χ2n) is 8.66. The summed E-state index contributed by atoms with van der Waals surface area (Å²) in [4.78, 5) is 13.3. The molecule has 0 atom stereocenters. The maximum atomic E-state index is 13.1. The fraction of sp³-hybridized carbons (Fsp3) is 0.480. The van der Waals surface area contributed by atoms with Crippen molar-refractivity contribution in [2.24, 2.45) is 5.92 Å². The summed E-state index contributed by atoms with van der Waals surface area (Å²) in [5.41, 5.74) is 3.93. The number of carbonyl (C=O) groups excluding carboxylic acids is 1. The van der Waals surface area contributed by atoms with Crippen LogP contribution in [0.4, 0.5) is 5.69 Å². The molecule has 0 aliphatic carbocycles. The van der Waals surface area contributed by atoms with Gasteiger partial charge in [0, 0.05) is 29.7 Å². The molecule has 7 heteroatoms. The first-order valence-corrected chi connectivity index (χ1v) is 13.2. The van der Waals surface area contributed by atoms with Crippen molar-refractivity contribution in [1.29, 1.82) is 0 Å². The number of aryl methyl sites for hydroxylation is 1. The Morgan fingerprint density at radius 3 is 2.22 bits per heavy atom. The number of nitrogens with one attached hydrogen (secondary N) is 1. The molecular weight excluding hydrogens is 444 g/mol. The molecule has 0 bridgehead atoms. The summed E-state index contributed by atoms with van der Waals surface area (Å²) in [6.07, 6.45) is 2.53. The summed E-state index contributed by atoms with van der Waals surface area (Å²) in [6.45, 7) is 8.90. The summed E-state index contributed by atoms with van der Waals surface area (Å²) in [5, 5.41) is 3.76. The lowest BCUT2D eigenvalue weighted by atomic mass is 9.96. The molecule has 2 aromatic rings. The van der Waals surface area contributed by atoms with E-state index in [4.69, 9.17) is 11.6 Å². The third-order valence-electron chi connectivity index (χ3n) is 6.33. The van der Waals surface area contributed by atoms with Gasteiger partial charge >= 0.3 is 0 Å². The number of anilines is 1. The van der Waals surface area contributed by atoms with Gasteiger partial charge in [-0.1, -0.05) is 57.5 Å². The third-order valence-corrected chi connectivity index (χ3v) is 8.60. The van der Waals surface area contributed by atoms with Crippen LogP contribution >= 0.6 is 11.6 Å². The van der Waals surface area contributed by atoms with Gasteiger partial charge in [0.15, 0.2) is 0 Å². The highest BCUT2D eigenvalue weighted by Gasteiger charge is 2.32. The molecule has 0 radical (unpaired) electrons. The van der Waals surface area contributed by atoms with Crippen LogP contribution in [-0.4, -0.2) is 31.7 Å². The van der Waals surface area contributed by atoms with Crippen LogP contribution in [0.1, 0.15) is 63.1 Å². The Labute approximate surface area is 197 Å². The molecule has 1 amide bonds. The fourth-order valence-corrected chi connectivity index (χ4v) is 5.99. The fourth-order valence-electron chi connectivity index (χ4n) is 4.22.